The van der Waals surface area contributed by atoms with Crippen LogP contribution in [0.25, 0.3) is 22.4 Å². The maximum atomic E-state index is 5.73. The molecule has 8 nitrogen and oxygen atoms in total. The molecule has 3 aromatic heterocycles. The topological polar surface area (TPSA) is 89.8 Å². The third-order valence-corrected chi connectivity index (χ3v) is 4.04. The number of fused-ring (bicyclic) bond motifs is 1. The molecule has 0 aromatic carbocycles. The van der Waals surface area contributed by atoms with E-state index in [1.807, 2.05) is 19.2 Å². The molecule has 2 N–H and O–H groups in total. The molecule has 1 saturated heterocycles. The zero-order chi connectivity index (χ0) is 16.4. The highest BCUT2D eigenvalue weighted by molar-refractivity contribution is 5.88. The minimum absolute atomic E-state index is 0.118. The van der Waals surface area contributed by atoms with E-state index in [-0.39, 0.29) is 6.10 Å². The van der Waals surface area contributed by atoms with Crippen LogP contribution >= 0.6 is 0 Å². The van der Waals surface area contributed by atoms with Crippen LogP contribution < -0.4 is 10.6 Å². The number of anilines is 1. The van der Waals surface area contributed by atoms with Gasteiger partial charge in [0.15, 0.2) is 5.82 Å². The van der Waals surface area contributed by atoms with E-state index in [1.165, 1.54) is 0 Å². The summed E-state index contributed by atoms with van der Waals surface area (Å²) in [5, 5.41) is 10.9. The van der Waals surface area contributed by atoms with Gasteiger partial charge in [-0.15, -0.1) is 0 Å². The number of hydrogen-bond acceptors (Lipinski definition) is 7. The maximum Gasteiger partial charge on any atom is 0.155 e. The molecular weight excluding hydrogens is 306 g/mol. The summed E-state index contributed by atoms with van der Waals surface area (Å²) in [5.74, 6) is 0.714. The predicted molar refractivity (Wildman–Crippen MR) is 90.6 cm³/mol. The molecule has 1 unspecified atom stereocenters. The third kappa shape index (κ3) is 2.93. The number of rotatable bonds is 4. The number of hydrogen-bond donors (Lipinski definition) is 2. The summed E-state index contributed by atoms with van der Waals surface area (Å²) in [4.78, 5) is 13.6. The van der Waals surface area contributed by atoms with Crippen LogP contribution in [0.4, 0.5) is 5.82 Å². The summed E-state index contributed by atoms with van der Waals surface area (Å²) in [6, 6.07) is 3.87. The first-order chi connectivity index (χ1) is 11.8. The Hall–Kier alpha value is -2.58. The van der Waals surface area contributed by atoms with Crippen LogP contribution in [0.3, 0.4) is 0 Å². The molecule has 1 atom stereocenters. The van der Waals surface area contributed by atoms with E-state index in [0.717, 1.165) is 42.1 Å². The van der Waals surface area contributed by atoms with Gasteiger partial charge >= 0.3 is 0 Å². The van der Waals surface area contributed by atoms with Gasteiger partial charge in [0.25, 0.3) is 0 Å². The lowest BCUT2D eigenvalue weighted by Crippen LogP contribution is -2.42. The minimum Gasteiger partial charge on any atom is -0.374 e. The van der Waals surface area contributed by atoms with Crippen molar-refractivity contribution in [3.05, 3.63) is 30.7 Å². The number of nitrogens with one attached hydrogen (secondary N) is 2. The van der Waals surface area contributed by atoms with E-state index in [4.69, 9.17) is 9.72 Å². The second-order valence-electron chi connectivity index (χ2n) is 5.70. The second kappa shape index (κ2) is 6.50. The average molecular weight is 325 g/mol. The molecule has 0 saturated carbocycles. The second-order valence-corrected chi connectivity index (χ2v) is 5.70. The highest BCUT2D eigenvalue weighted by Gasteiger charge is 2.16. The SMILES string of the molecule is Cn1nccc1-c1cc2nccnc2c(NCC2CNCCO2)n1. The molecule has 4 heterocycles. The monoisotopic (exact) mass is 325 g/mol. The highest BCUT2D eigenvalue weighted by atomic mass is 16.5. The molecule has 0 aliphatic carbocycles. The van der Waals surface area contributed by atoms with Crippen molar-refractivity contribution in [3.63, 3.8) is 0 Å². The Morgan fingerprint density at radius 1 is 1.33 bits per heavy atom. The molecule has 124 valence electrons. The van der Waals surface area contributed by atoms with Crippen LogP contribution in [0.2, 0.25) is 0 Å². The van der Waals surface area contributed by atoms with Crippen LogP contribution in [-0.2, 0) is 11.8 Å². The molecule has 1 aliphatic heterocycles. The fourth-order valence-corrected chi connectivity index (χ4v) is 2.81. The van der Waals surface area contributed by atoms with Crippen molar-refractivity contribution >= 4 is 16.9 Å². The van der Waals surface area contributed by atoms with Gasteiger partial charge < -0.3 is 15.4 Å². The van der Waals surface area contributed by atoms with Crippen molar-refractivity contribution in [3.8, 4) is 11.4 Å². The lowest BCUT2D eigenvalue weighted by molar-refractivity contribution is 0.0372. The number of pyridine rings is 1. The Kier molecular flexibility index (Phi) is 4.06. The molecule has 4 rings (SSSR count). The molecule has 24 heavy (non-hydrogen) atoms. The molecule has 0 bridgehead atoms. The van der Waals surface area contributed by atoms with E-state index in [9.17, 15) is 0 Å². The molecule has 0 radical (unpaired) electrons. The molecule has 1 fully saturated rings. The predicted octanol–water partition coefficient (Wildman–Crippen LogP) is 0.826. The number of ether oxygens (including phenoxy) is 1. The van der Waals surface area contributed by atoms with Gasteiger partial charge in [-0.05, 0) is 12.1 Å². The largest absolute Gasteiger partial charge is 0.374 e. The van der Waals surface area contributed by atoms with E-state index < -0.39 is 0 Å². The summed E-state index contributed by atoms with van der Waals surface area (Å²) in [6.45, 7) is 3.13. The van der Waals surface area contributed by atoms with Gasteiger partial charge in [0.1, 0.15) is 5.52 Å². The smallest absolute Gasteiger partial charge is 0.155 e. The van der Waals surface area contributed by atoms with Crippen LogP contribution in [0.1, 0.15) is 0 Å². The molecule has 3 aromatic rings. The normalized spacial score (nSPS) is 18.0. The molecule has 0 amide bonds. The van der Waals surface area contributed by atoms with Gasteiger partial charge in [0, 0.05) is 45.3 Å². The number of aromatic nitrogens is 5. The molecular formula is C16H19N7O. The van der Waals surface area contributed by atoms with Crippen LogP contribution in [0.15, 0.2) is 30.7 Å². The van der Waals surface area contributed by atoms with Gasteiger partial charge in [-0.3, -0.25) is 9.67 Å². The fourth-order valence-electron chi connectivity index (χ4n) is 2.81. The van der Waals surface area contributed by atoms with Gasteiger partial charge in [-0.1, -0.05) is 0 Å². The Balaban J connectivity index is 1.68. The van der Waals surface area contributed by atoms with E-state index >= 15 is 0 Å². The van der Waals surface area contributed by atoms with Crippen molar-refractivity contribution in [2.45, 2.75) is 6.10 Å². The zero-order valence-corrected chi connectivity index (χ0v) is 13.4. The molecule has 1 aliphatic rings. The maximum absolute atomic E-state index is 5.73. The van der Waals surface area contributed by atoms with Crippen molar-refractivity contribution in [2.75, 3.05) is 31.6 Å². The van der Waals surface area contributed by atoms with E-state index in [0.29, 0.717) is 12.4 Å². The van der Waals surface area contributed by atoms with Gasteiger partial charge in [0.05, 0.1) is 29.6 Å². The number of aryl methyl sites for hydroxylation is 1. The zero-order valence-electron chi connectivity index (χ0n) is 13.4. The minimum atomic E-state index is 0.118. The third-order valence-electron chi connectivity index (χ3n) is 4.04. The summed E-state index contributed by atoms with van der Waals surface area (Å²) >= 11 is 0. The number of morpholine rings is 1. The average Bonchev–Trinajstić information content (AvgIpc) is 3.06. The first kappa shape index (κ1) is 15.0. The lowest BCUT2D eigenvalue weighted by atomic mass is 10.2. The summed E-state index contributed by atoms with van der Waals surface area (Å²) in [5.41, 5.74) is 3.30. The van der Waals surface area contributed by atoms with E-state index in [1.54, 1.807) is 23.3 Å². The van der Waals surface area contributed by atoms with Crippen molar-refractivity contribution < 1.29 is 4.74 Å². The standard InChI is InChI=1S/C16H19N7O/c1-23-14(2-3-21-23)12-8-13-15(19-5-4-18-13)16(22-12)20-10-11-9-17-6-7-24-11/h2-5,8,11,17H,6-7,9-10H2,1H3,(H,20,22). The number of nitrogens with zero attached hydrogens (tertiary/aromatic N) is 5. The highest BCUT2D eigenvalue weighted by Crippen LogP contribution is 2.24. The van der Waals surface area contributed by atoms with Crippen LogP contribution in [0, 0.1) is 0 Å². The first-order valence-electron chi connectivity index (χ1n) is 7.97. The Morgan fingerprint density at radius 2 is 2.25 bits per heavy atom. The van der Waals surface area contributed by atoms with Crippen molar-refractivity contribution in [1.29, 1.82) is 0 Å². The van der Waals surface area contributed by atoms with Gasteiger partial charge in [-0.2, -0.15) is 5.10 Å². The van der Waals surface area contributed by atoms with Gasteiger partial charge in [0.2, 0.25) is 0 Å². The molecule has 0 spiro atoms. The summed E-state index contributed by atoms with van der Waals surface area (Å²) in [6.07, 6.45) is 5.24. The summed E-state index contributed by atoms with van der Waals surface area (Å²) < 4.78 is 7.52. The van der Waals surface area contributed by atoms with Crippen LogP contribution in [-0.4, -0.2) is 57.1 Å². The van der Waals surface area contributed by atoms with Crippen molar-refractivity contribution in [2.24, 2.45) is 7.05 Å². The van der Waals surface area contributed by atoms with E-state index in [2.05, 4.69) is 25.7 Å². The van der Waals surface area contributed by atoms with Crippen molar-refractivity contribution in [1.82, 2.24) is 30.0 Å². The Bertz CT molecular complexity index is 841. The fraction of sp³-hybridized carbons (Fsp3) is 0.375. The molecule has 8 heteroatoms. The van der Waals surface area contributed by atoms with Crippen LogP contribution in [0.5, 0.6) is 0 Å². The summed E-state index contributed by atoms with van der Waals surface area (Å²) in [7, 11) is 1.90. The van der Waals surface area contributed by atoms with Gasteiger partial charge in [-0.25, -0.2) is 9.97 Å². The Morgan fingerprint density at radius 3 is 3.04 bits per heavy atom. The first-order valence-corrected chi connectivity index (χ1v) is 7.97. The quantitative estimate of drug-likeness (QED) is 0.734. The lowest BCUT2D eigenvalue weighted by Gasteiger charge is -2.24. The Labute approximate surface area is 139 Å².